The molecule has 0 radical (unpaired) electrons. The smallest absolute Gasteiger partial charge is 0.0195 e. The zero-order chi connectivity index (χ0) is 13.2. The molecule has 0 bridgehead atoms. The van der Waals surface area contributed by atoms with Gasteiger partial charge in [-0.1, -0.05) is 26.7 Å². The molecule has 2 saturated carbocycles. The molecule has 1 heterocycles. The monoisotopic (exact) mass is 264 g/mol. The molecule has 19 heavy (non-hydrogen) atoms. The van der Waals surface area contributed by atoms with Crippen molar-refractivity contribution in [3.05, 3.63) is 0 Å². The van der Waals surface area contributed by atoms with Gasteiger partial charge in [-0.25, -0.2) is 0 Å². The Balaban J connectivity index is 1.66. The summed E-state index contributed by atoms with van der Waals surface area (Å²) >= 11 is 0. The van der Waals surface area contributed by atoms with E-state index in [1.165, 1.54) is 64.5 Å². The summed E-state index contributed by atoms with van der Waals surface area (Å²) in [5, 5.41) is 3.71. The van der Waals surface area contributed by atoms with E-state index in [0.717, 1.165) is 30.0 Å². The molecule has 1 aliphatic heterocycles. The van der Waals surface area contributed by atoms with Gasteiger partial charge in [-0.2, -0.15) is 0 Å². The second kappa shape index (κ2) is 6.13. The fraction of sp³-hybridized carbons (Fsp3) is 1.00. The Morgan fingerprint density at radius 2 is 1.79 bits per heavy atom. The minimum atomic E-state index is 0.787. The van der Waals surface area contributed by atoms with E-state index in [-0.39, 0.29) is 0 Å². The third kappa shape index (κ3) is 3.33. The summed E-state index contributed by atoms with van der Waals surface area (Å²) in [6, 6.07) is 2.62. The van der Waals surface area contributed by atoms with Crippen LogP contribution in [0.3, 0.4) is 0 Å². The van der Waals surface area contributed by atoms with E-state index in [9.17, 15) is 0 Å². The Kier molecular flexibility index (Phi) is 4.48. The standard InChI is InChI=1S/C17H32N2/c1-13(2)16-7-3-4-8-17(16)19(15-9-10-15)12-14-6-5-11-18-14/h13-18H,3-12H2,1-2H3. The van der Waals surface area contributed by atoms with Crippen molar-refractivity contribution in [2.24, 2.45) is 11.8 Å². The maximum absolute atomic E-state index is 3.71. The van der Waals surface area contributed by atoms with Crippen molar-refractivity contribution < 1.29 is 0 Å². The van der Waals surface area contributed by atoms with Gasteiger partial charge in [0, 0.05) is 24.7 Å². The molecule has 2 heteroatoms. The first-order chi connectivity index (χ1) is 9.25. The van der Waals surface area contributed by atoms with Gasteiger partial charge < -0.3 is 5.32 Å². The summed E-state index contributed by atoms with van der Waals surface area (Å²) < 4.78 is 0. The summed E-state index contributed by atoms with van der Waals surface area (Å²) in [6.45, 7) is 7.48. The van der Waals surface area contributed by atoms with E-state index in [1.807, 2.05) is 0 Å². The van der Waals surface area contributed by atoms with E-state index in [4.69, 9.17) is 0 Å². The lowest BCUT2D eigenvalue weighted by molar-refractivity contribution is 0.0652. The van der Waals surface area contributed by atoms with E-state index in [2.05, 4.69) is 24.1 Å². The van der Waals surface area contributed by atoms with Crippen LogP contribution in [0.2, 0.25) is 0 Å². The second-order valence-electron chi connectivity index (χ2n) is 7.48. The number of rotatable bonds is 5. The molecular weight excluding hydrogens is 232 g/mol. The highest BCUT2D eigenvalue weighted by atomic mass is 15.2. The van der Waals surface area contributed by atoms with Crippen molar-refractivity contribution in [2.45, 2.75) is 83.3 Å². The van der Waals surface area contributed by atoms with Crippen molar-refractivity contribution in [1.29, 1.82) is 0 Å². The molecule has 1 saturated heterocycles. The third-order valence-corrected chi connectivity index (χ3v) is 5.67. The predicted molar refractivity (Wildman–Crippen MR) is 81.3 cm³/mol. The maximum atomic E-state index is 3.71. The molecule has 0 aromatic heterocycles. The first kappa shape index (κ1) is 13.9. The molecule has 0 amide bonds. The van der Waals surface area contributed by atoms with Gasteiger partial charge in [0.2, 0.25) is 0 Å². The van der Waals surface area contributed by atoms with Crippen LogP contribution in [-0.2, 0) is 0 Å². The fourth-order valence-electron chi connectivity index (χ4n) is 4.46. The lowest BCUT2D eigenvalue weighted by atomic mass is 9.77. The summed E-state index contributed by atoms with van der Waals surface area (Å²) in [5.74, 6) is 1.82. The van der Waals surface area contributed by atoms with Crippen LogP contribution in [0.1, 0.15) is 65.2 Å². The summed E-state index contributed by atoms with van der Waals surface area (Å²) in [6.07, 6.45) is 11.6. The average molecular weight is 264 g/mol. The Bertz CT molecular complexity index is 279. The molecule has 2 nitrogen and oxygen atoms in total. The Hall–Kier alpha value is -0.0800. The van der Waals surface area contributed by atoms with Crippen molar-refractivity contribution in [1.82, 2.24) is 10.2 Å². The quantitative estimate of drug-likeness (QED) is 0.818. The first-order valence-electron chi connectivity index (χ1n) is 8.75. The first-order valence-corrected chi connectivity index (χ1v) is 8.75. The van der Waals surface area contributed by atoms with Crippen LogP contribution in [0.5, 0.6) is 0 Å². The van der Waals surface area contributed by atoms with Gasteiger partial charge in [0.25, 0.3) is 0 Å². The molecule has 0 aromatic rings. The molecule has 3 atom stereocenters. The number of hydrogen-bond acceptors (Lipinski definition) is 2. The van der Waals surface area contributed by atoms with Crippen molar-refractivity contribution >= 4 is 0 Å². The molecule has 1 N–H and O–H groups in total. The van der Waals surface area contributed by atoms with Gasteiger partial charge in [0.05, 0.1) is 0 Å². The van der Waals surface area contributed by atoms with Gasteiger partial charge in [-0.05, 0) is 56.9 Å². The van der Waals surface area contributed by atoms with E-state index in [1.54, 1.807) is 0 Å². The van der Waals surface area contributed by atoms with Crippen molar-refractivity contribution in [3.63, 3.8) is 0 Å². The van der Waals surface area contributed by atoms with Crippen LogP contribution in [0.25, 0.3) is 0 Å². The van der Waals surface area contributed by atoms with Crippen LogP contribution in [0.4, 0.5) is 0 Å². The third-order valence-electron chi connectivity index (χ3n) is 5.67. The number of hydrogen-bond donors (Lipinski definition) is 1. The Labute approximate surface area is 119 Å². The normalized spacial score (nSPS) is 36.3. The topological polar surface area (TPSA) is 15.3 Å². The maximum Gasteiger partial charge on any atom is 0.0195 e. The summed E-state index contributed by atoms with van der Waals surface area (Å²) in [4.78, 5) is 2.94. The zero-order valence-corrected chi connectivity index (χ0v) is 12.9. The minimum absolute atomic E-state index is 0.787. The van der Waals surface area contributed by atoms with Crippen LogP contribution in [0, 0.1) is 11.8 Å². The number of nitrogens with zero attached hydrogens (tertiary/aromatic N) is 1. The van der Waals surface area contributed by atoms with E-state index < -0.39 is 0 Å². The van der Waals surface area contributed by atoms with Gasteiger partial charge in [0.15, 0.2) is 0 Å². The largest absolute Gasteiger partial charge is 0.313 e. The fourth-order valence-corrected chi connectivity index (χ4v) is 4.46. The Morgan fingerprint density at radius 1 is 1.00 bits per heavy atom. The molecule has 110 valence electrons. The molecule has 3 unspecified atom stereocenters. The van der Waals surface area contributed by atoms with Crippen LogP contribution in [0.15, 0.2) is 0 Å². The van der Waals surface area contributed by atoms with E-state index >= 15 is 0 Å². The van der Waals surface area contributed by atoms with Gasteiger partial charge >= 0.3 is 0 Å². The highest BCUT2D eigenvalue weighted by Crippen LogP contribution is 2.39. The molecule has 3 aliphatic rings. The molecule has 0 spiro atoms. The van der Waals surface area contributed by atoms with Gasteiger partial charge in [-0.3, -0.25) is 4.90 Å². The predicted octanol–water partition coefficient (Wildman–Crippen LogP) is 3.42. The van der Waals surface area contributed by atoms with Crippen molar-refractivity contribution in [2.75, 3.05) is 13.1 Å². The summed E-state index contributed by atoms with van der Waals surface area (Å²) in [5.41, 5.74) is 0. The Morgan fingerprint density at radius 3 is 2.42 bits per heavy atom. The lowest BCUT2D eigenvalue weighted by Crippen LogP contribution is -2.49. The van der Waals surface area contributed by atoms with Gasteiger partial charge in [-0.15, -0.1) is 0 Å². The minimum Gasteiger partial charge on any atom is -0.313 e. The highest BCUT2D eigenvalue weighted by molar-refractivity contribution is 4.95. The highest BCUT2D eigenvalue weighted by Gasteiger charge is 2.40. The SMILES string of the molecule is CC(C)C1CCCCC1N(CC1CCCN1)C1CC1. The molecule has 0 aromatic carbocycles. The van der Waals surface area contributed by atoms with Crippen LogP contribution >= 0.6 is 0 Å². The van der Waals surface area contributed by atoms with Crippen molar-refractivity contribution in [3.8, 4) is 0 Å². The molecule has 3 fully saturated rings. The second-order valence-corrected chi connectivity index (χ2v) is 7.48. The number of nitrogens with one attached hydrogen (secondary N) is 1. The zero-order valence-electron chi connectivity index (χ0n) is 12.9. The van der Waals surface area contributed by atoms with Crippen LogP contribution < -0.4 is 5.32 Å². The van der Waals surface area contributed by atoms with E-state index in [0.29, 0.717) is 0 Å². The molecule has 3 rings (SSSR count). The lowest BCUT2D eigenvalue weighted by Gasteiger charge is -2.43. The average Bonchev–Trinajstić information content (AvgIpc) is 3.13. The summed E-state index contributed by atoms with van der Waals surface area (Å²) in [7, 11) is 0. The molecular formula is C17H32N2. The van der Waals surface area contributed by atoms with Crippen LogP contribution in [-0.4, -0.2) is 36.1 Å². The van der Waals surface area contributed by atoms with Gasteiger partial charge in [0.1, 0.15) is 0 Å². The molecule has 2 aliphatic carbocycles.